The number of hydrogen-bond acceptors (Lipinski definition) is 7. The molecule has 0 saturated carbocycles. The molecule has 2 aromatic carbocycles. The van der Waals surface area contributed by atoms with E-state index in [1.807, 2.05) is 19.9 Å². The van der Waals surface area contributed by atoms with Gasteiger partial charge >= 0.3 is 0 Å². The van der Waals surface area contributed by atoms with Gasteiger partial charge in [0.15, 0.2) is 16.7 Å². The molecule has 33 heavy (non-hydrogen) atoms. The van der Waals surface area contributed by atoms with Crippen LogP contribution in [0.25, 0.3) is 0 Å². The maximum absolute atomic E-state index is 13.8. The zero-order valence-corrected chi connectivity index (χ0v) is 20.7. The van der Waals surface area contributed by atoms with Gasteiger partial charge in [-0.05, 0) is 54.0 Å². The molecule has 0 fully saturated rings. The summed E-state index contributed by atoms with van der Waals surface area (Å²) in [4.78, 5) is 20.7. The zero-order valence-electron chi connectivity index (χ0n) is 18.3. The minimum Gasteiger partial charge on any atom is -0.493 e. The first-order valence-electron chi connectivity index (χ1n) is 9.86. The van der Waals surface area contributed by atoms with Crippen molar-refractivity contribution in [2.45, 2.75) is 25.6 Å². The number of aromatic nitrogens is 2. The van der Waals surface area contributed by atoms with E-state index in [-0.39, 0.29) is 24.1 Å². The van der Waals surface area contributed by atoms with Gasteiger partial charge in [0.25, 0.3) is 5.91 Å². The summed E-state index contributed by atoms with van der Waals surface area (Å²) in [5.74, 6) is 0.404. The number of aryl methyl sites for hydroxylation is 2. The summed E-state index contributed by atoms with van der Waals surface area (Å²) in [7, 11) is 1.51. The van der Waals surface area contributed by atoms with Crippen LogP contribution in [0.15, 0.2) is 57.2 Å². The van der Waals surface area contributed by atoms with Crippen LogP contribution < -0.4 is 14.9 Å². The van der Waals surface area contributed by atoms with Crippen LogP contribution in [0.5, 0.6) is 11.5 Å². The Labute approximate surface area is 203 Å². The lowest BCUT2D eigenvalue weighted by atomic mass is 10.2. The largest absolute Gasteiger partial charge is 0.493 e. The second-order valence-corrected chi connectivity index (χ2v) is 8.72. The molecular formula is C23H22BrFN4O3S. The molecule has 0 aliphatic heterocycles. The lowest BCUT2D eigenvalue weighted by Crippen LogP contribution is -2.19. The van der Waals surface area contributed by atoms with E-state index in [1.165, 1.54) is 31.2 Å². The van der Waals surface area contributed by atoms with Gasteiger partial charge in [-0.3, -0.25) is 4.79 Å². The standard InChI is InChI=1S/C23H22BrFN4O3S/c1-14-8-15(2)28-23(27-14)33-13-22(30)29-26-11-17-9-20(31-3)21(10-18(17)24)32-12-16-6-4-5-7-19(16)25/h4-11H,12-13H2,1-3H3,(H,29,30)/b26-11-. The van der Waals surface area contributed by atoms with Gasteiger partial charge in [0.2, 0.25) is 0 Å². The number of amides is 1. The summed E-state index contributed by atoms with van der Waals surface area (Å²) in [6, 6.07) is 11.7. The number of hydrogen-bond donors (Lipinski definition) is 1. The van der Waals surface area contributed by atoms with Crippen molar-refractivity contribution in [3.8, 4) is 11.5 Å². The Balaban J connectivity index is 1.59. The Morgan fingerprint density at radius 2 is 1.91 bits per heavy atom. The highest BCUT2D eigenvalue weighted by atomic mass is 79.9. The molecule has 1 aromatic heterocycles. The minimum atomic E-state index is -0.336. The number of hydrazone groups is 1. The van der Waals surface area contributed by atoms with Crippen molar-refractivity contribution < 1.29 is 18.7 Å². The Kier molecular flexibility index (Phi) is 8.79. The molecule has 1 amide bonds. The Hall–Kier alpha value is -2.98. The predicted molar refractivity (Wildman–Crippen MR) is 129 cm³/mol. The predicted octanol–water partition coefficient (Wildman–Crippen LogP) is 4.83. The van der Waals surface area contributed by atoms with Crippen LogP contribution in [0.4, 0.5) is 4.39 Å². The summed E-state index contributed by atoms with van der Waals surface area (Å²) in [5, 5.41) is 4.55. The number of carbonyl (C=O) groups is 1. The number of benzene rings is 2. The highest BCUT2D eigenvalue weighted by Gasteiger charge is 2.11. The summed E-state index contributed by atoms with van der Waals surface area (Å²) in [6.07, 6.45) is 1.49. The molecule has 0 saturated heterocycles. The average Bonchev–Trinajstić information content (AvgIpc) is 2.77. The molecule has 0 aliphatic rings. The van der Waals surface area contributed by atoms with Crippen LogP contribution in [0.3, 0.4) is 0 Å². The molecule has 0 radical (unpaired) electrons. The number of halogens is 2. The Bertz CT molecular complexity index is 1160. The van der Waals surface area contributed by atoms with Crippen molar-refractivity contribution in [3.63, 3.8) is 0 Å². The number of thioether (sulfide) groups is 1. The smallest absolute Gasteiger partial charge is 0.250 e. The van der Waals surface area contributed by atoms with Crippen molar-refractivity contribution >= 4 is 39.8 Å². The van der Waals surface area contributed by atoms with Gasteiger partial charge in [0, 0.05) is 27.0 Å². The monoisotopic (exact) mass is 532 g/mol. The van der Waals surface area contributed by atoms with E-state index in [9.17, 15) is 9.18 Å². The number of nitrogens with zero attached hydrogens (tertiary/aromatic N) is 3. The lowest BCUT2D eigenvalue weighted by molar-refractivity contribution is -0.118. The van der Waals surface area contributed by atoms with Crippen molar-refractivity contribution in [2.75, 3.05) is 12.9 Å². The number of carbonyl (C=O) groups excluding carboxylic acids is 1. The molecule has 1 heterocycles. The van der Waals surface area contributed by atoms with Crippen molar-refractivity contribution in [2.24, 2.45) is 5.10 Å². The van der Waals surface area contributed by atoms with Crippen LogP contribution in [-0.4, -0.2) is 35.0 Å². The third-order valence-corrected chi connectivity index (χ3v) is 5.85. The van der Waals surface area contributed by atoms with Gasteiger partial charge in [-0.1, -0.05) is 30.0 Å². The number of ether oxygens (including phenoxy) is 2. The summed E-state index contributed by atoms with van der Waals surface area (Å²) in [6.45, 7) is 3.82. The maximum atomic E-state index is 13.8. The van der Waals surface area contributed by atoms with E-state index in [1.54, 1.807) is 30.3 Å². The molecule has 10 heteroatoms. The molecule has 0 spiro atoms. The SMILES string of the molecule is COc1cc(/C=N\NC(=O)CSc2nc(C)cc(C)n2)c(Br)cc1OCc1ccccc1F. The lowest BCUT2D eigenvalue weighted by Gasteiger charge is -2.13. The molecule has 1 N–H and O–H groups in total. The molecule has 3 rings (SSSR count). The van der Waals surface area contributed by atoms with E-state index < -0.39 is 0 Å². The van der Waals surface area contributed by atoms with Crippen LogP contribution in [-0.2, 0) is 11.4 Å². The topological polar surface area (TPSA) is 85.7 Å². The van der Waals surface area contributed by atoms with Crippen LogP contribution in [0, 0.1) is 19.7 Å². The zero-order chi connectivity index (χ0) is 23.8. The highest BCUT2D eigenvalue weighted by Crippen LogP contribution is 2.33. The second-order valence-electron chi connectivity index (χ2n) is 6.92. The quantitative estimate of drug-likeness (QED) is 0.184. The fourth-order valence-corrected chi connectivity index (χ4v) is 3.95. The first-order valence-corrected chi connectivity index (χ1v) is 11.6. The molecular weight excluding hydrogens is 511 g/mol. The fourth-order valence-electron chi connectivity index (χ4n) is 2.79. The first-order chi connectivity index (χ1) is 15.9. The van der Waals surface area contributed by atoms with Gasteiger partial charge in [0.05, 0.1) is 19.1 Å². The highest BCUT2D eigenvalue weighted by molar-refractivity contribution is 9.10. The number of methoxy groups -OCH3 is 1. The van der Waals surface area contributed by atoms with E-state index >= 15 is 0 Å². The third kappa shape index (κ3) is 7.26. The van der Waals surface area contributed by atoms with Gasteiger partial charge in [-0.2, -0.15) is 5.10 Å². The van der Waals surface area contributed by atoms with Crippen LogP contribution >= 0.6 is 27.7 Å². The summed E-state index contributed by atoms with van der Waals surface area (Å²) < 4.78 is 25.6. The van der Waals surface area contributed by atoms with Crippen molar-refractivity contribution in [3.05, 3.63) is 75.3 Å². The van der Waals surface area contributed by atoms with E-state index in [0.29, 0.717) is 32.3 Å². The fraction of sp³-hybridized carbons (Fsp3) is 0.217. The molecule has 0 unspecified atom stereocenters. The normalized spacial score (nSPS) is 10.9. The van der Waals surface area contributed by atoms with Crippen molar-refractivity contribution in [1.82, 2.24) is 15.4 Å². The maximum Gasteiger partial charge on any atom is 0.250 e. The summed E-state index contributed by atoms with van der Waals surface area (Å²) >= 11 is 4.70. The Morgan fingerprint density at radius 3 is 2.61 bits per heavy atom. The van der Waals surface area contributed by atoms with E-state index in [0.717, 1.165) is 11.4 Å². The van der Waals surface area contributed by atoms with E-state index in [2.05, 4.69) is 36.4 Å². The molecule has 0 bridgehead atoms. The molecule has 0 aliphatic carbocycles. The first kappa shape index (κ1) is 24.7. The van der Waals surface area contributed by atoms with Gasteiger partial charge in [-0.15, -0.1) is 0 Å². The van der Waals surface area contributed by atoms with Gasteiger partial charge < -0.3 is 9.47 Å². The Morgan fingerprint density at radius 1 is 1.18 bits per heavy atom. The third-order valence-electron chi connectivity index (χ3n) is 4.31. The molecule has 3 aromatic rings. The van der Waals surface area contributed by atoms with E-state index in [4.69, 9.17) is 9.47 Å². The van der Waals surface area contributed by atoms with Crippen LogP contribution in [0.2, 0.25) is 0 Å². The molecule has 7 nitrogen and oxygen atoms in total. The average molecular weight is 533 g/mol. The second kappa shape index (κ2) is 11.8. The minimum absolute atomic E-state index is 0.0564. The number of nitrogens with one attached hydrogen (secondary N) is 1. The van der Waals surface area contributed by atoms with Gasteiger partial charge in [-0.25, -0.2) is 19.8 Å². The molecule has 172 valence electrons. The van der Waals surface area contributed by atoms with Crippen molar-refractivity contribution in [1.29, 1.82) is 0 Å². The number of rotatable bonds is 9. The van der Waals surface area contributed by atoms with Gasteiger partial charge in [0.1, 0.15) is 12.4 Å². The molecule has 0 atom stereocenters. The van der Waals surface area contributed by atoms with Crippen LogP contribution in [0.1, 0.15) is 22.5 Å². The summed E-state index contributed by atoms with van der Waals surface area (Å²) in [5.41, 5.74) is 5.28.